The van der Waals surface area contributed by atoms with E-state index < -0.39 is 0 Å². The highest BCUT2D eigenvalue weighted by atomic mass is 16.5. The summed E-state index contributed by atoms with van der Waals surface area (Å²) in [6.07, 6.45) is 0.369. The zero-order valence-electron chi connectivity index (χ0n) is 14.3. The van der Waals surface area contributed by atoms with Crippen molar-refractivity contribution in [2.75, 3.05) is 32.8 Å². The molecule has 0 radical (unpaired) electrons. The number of carbonyl (C=O) groups is 1. The van der Waals surface area contributed by atoms with E-state index in [1.165, 1.54) is 13.1 Å². The molecule has 1 aliphatic heterocycles. The summed E-state index contributed by atoms with van der Waals surface area (Å²) in [7, 11) is 0. The van der Waals surface area contributed by atoms with E-state index in [1.54, 1.807) is 0 Å². The van der Waals surface area contributed by atoms with Crippen LogP contribution in [0.3, 0.4) is 0 Å². The van der Waals surface area contributed by atoms with E-state index >= 15 is 0 Å². The summed E-state index contributed by atoms with van der Waals surface area (Å²) in [5.74, 6) is 0.890. The van der Waals surface area contributed by atoms with Crippen molar-refractivity contribution in [1.29, 1.82) is 0 Å². The third-order valence-corrected chi connectivity index (χ3v) is 4.04. The van der Waals surface area contributed by atoms with E-state index in [-0.39, 0.29) is 12.7 Å². The van der Waals surface area contributed by atoms with Crippen molar-refractivity contribution in [2.45, 2.75) is 13.0 Å². The van der Waals surface area contributed by atoms with Gasteiger partial charge in [-0.05, 0) is 29.7 Å². The van der Waals surface area contributed by atoms with Crippen LogP contribution in [0.4, 0.5) is 4.79 Å². The number of amides is 1. The number of rotatable bonds is 9. The molecule has 25 heavy (non-hydrogen) atoms. The fourth-order valence-electron chi connectivity index (χ4n) is 2.42. The molecule has 2 aromatic rings. The van der Waals surface area contributed by atoms with Crippen LogP contribution in [0, 0.1) is 0 Å². The maximum absolute atomic E-state index is 11.7. The van der Waals surface area contributed by atoms with E-state index in [2.05, 4.69) is 10.2 Å². The highest BCUT2D eigenvalue weighted by Gasteiger charge is 2.15. The number of carbonyl (C=O) groups excluding carboxylic acids is 1. The van der Waals surface area contributed by atoms with Gasteiger partial charge in [0.15, 0.2) is 0 Å². The number of nitrogens with zero attached hydrogens (tertiary/aromatic N) is 1. The molecule has 0 saturated carbocycles. The Labute approximate surface area is 148 Å². The molecule has 3 rings (SSSR count). The van der Waals surface area contributed by atoms with Crippen LogP contribution >= 0.6 is 0 Å². The lowest BCUT2D eigenvalue weighted by Gasteiger charge is -2.09. The van der Waals surface area contributed by atoms with Crippen LogP contribution in [0.25, 0.3) is 0 Å². The van der Waals surface area contributed by atoms with Crippen molar-refractivity contribution < 1.29 is 14.3 Å². The molecule has 5 heteroatoms. The van der Waals surface area contributed by atoms with Gasteiger partial charge < -0.3 is 14.8 Å². The highest BCUT2D eigenvalue weighted by Crippen LogP contribution is 2.13. The molecule has 0 spiro atoms. The smallest absolute Gasteiger partial charge is 0.407 e. The van der Waals surface area contributed by atoms with Crippen LogP contribution in [0.2, 0.25) is 0 Å². The molecule has 1 heterocycles. The van der Waals surface area contributed by atoms with Gasteiger partial charge in [-0.3, -0.25) is 4.90 Å². The van der Waals surface area contributed by atoms with Crippen LogP contribution in [-0.2, 0) is 17.8 Å². The summed E-state index contributed by atoms with van der Waals surface area (Å²) >= 11 is 0. The van der Waals surface area contributed by atoms with Crippen LogP contribution in [0.1, 0.15) is 11.1 Å². The van der Waals surface area contributed by atoms with Gasteiger partial charge in [-0.15, -0.1) is 0 Å². The van der Waals surface area contributed by atoms with Gasteiger partial charge in [0.05, 0.1) is 0 Å². The third kappa shape index (κ3) is 6.47. The first-order chi connectivity index (χ1) is 12.3. The summed E-state index contributed by atoms with van der Waals surface area (Å²) in [5, 5.41) is 2.77. The van der Waals surface area contributed by atoms with Gasteiger partial charge in [0.25, 0.3) is 0 Å². The summed E-state index contributed by atoms with van der Waals surface area (Å²) in [6.45, 7) is 4.95. The van der Waals surface area contributed by atoms with Crippen molar-refractivity contribution in [3.63, 3.8) is 0 Å². The van der Waals surface area contributed by atoms with Crippen LogP contribution in [0.15, 0.2) is 54.6 Å². The molecule has 5 nitrogen and oxygen atoms in total. The summed E-state index contributed by atoms with van der Waals surface area (Å²) in [6, 6.07) is 17.7. The number of alkyl carbamates (subject to hydrolysis) is 1. The largest absolute Gasteiger partial charge is 0.492 e. The van der Waals surface area contributed by atoms with E-state index in [4.69, 9.17) is 9.47 Å². The predicted octanol–water partition coefficient (Wildman–Crippen LogP) is 2.85. The van der Waals surface area contributed by atoms with E-state index in [0.29, 0.717) is 6.54 Å². The van der Waals surface area contributed by atoms with Crippen molar-refractivity contribution >= 4 is 6.09 Å². The lowest BCUT2D eigenvalue weighted by atomic mass is 10.1. The first-order valence-electron chi connectivity index (χ1n) is 8.68. The van der Waals surface area contributed by atoms with Crippen LogP contribution in [-0.4, -0.2) is 43.8 Å². The maximum Gasteiger partial charge on any atom is 0.407 e. The second kappa shape index (κ2) is 9.08. The first-order valence-corrected chi connectivity index (χ1v) is 8.68. The van der Waals surface area contributed by atoms with Gasteiger partial charge in [0.1, 0.15) is 19.0 Å². The fraction of sp³-hybridized carbons (Fsp3) is 0.350. The normalized spacial score (nSPS) is 13.3. The third-order valence-electron chi connectivity index (χ3n) is 4.04. The Balaban J connectivity index is 1.30. The van der Waals surface area contributed by atoms with Gasteiger partial charge in [-0.2, -0.15) is 0 Å². The Kier molecular flexibility index (Phi) is 6.29. The Morgan fingerprint density at radius 2 is 1.76 bits per heavy atom. The molecule has 1 fully saturated rings. The van der Waals surface area contributed by atoms with Gasteiger partial charge in [0.2, 0.25) is 0 Å². The quantitative estimate of drug-likeness (QED) is 0.713. The van der Waals surface area contributed by atoms with Gasteiger partial charge >= 0.3 is 6.09 Å². The van der Waals surface area contributed by atoms with Crippen molar-refractivity contribution in [3.8, 4) is 5.75 Å². The van der Waals surface area contributed by atoms with Crippen LogP contribution in [0.5, 0.6) is 5.75 Å². The average Bonchev–Trinajstić information content (AvgIpc) is 3.47. The Hall–Kier alpha value is -2.53. The lowest BCUT2D eigenvalue weighted by molar-refractivity contribution is 0.140. The molecule has 1 aliphatic rings. The topological polar surface area (TPSA) is 50.6 Å². The molecule has 0 unspecified atom stereocenters. The minimum Gasteiger partial charge on any atom is -0.492 e. The molecule has 2 aromatic carbocycles. The predicted molar refractivity (Wildman–Crippen MR) is 96.7 cm³/mol. The molecule has 0 bridgehead atoms. The molecule has 0 aliphatic carbocycles. The molecular formula is C20H24N2O3. The van der Waals surface area contributed by atoms with E-state index in [0.717, 1.165) is 36.4 Å². The Morgan fingerprint density at radius 3 is 2.48 bits per heavy atom. The fourth-order valence-corrected chi connectivity index (χ4v) is 2.42. The Bertz CT molecular complexity index is 654. The second-order valence-corrected chi connectivity index (χ2v) is 6.07. The number of nitrogens with one attached hydrogen (secondary N) is 1. The molecule has 132 valence electrons. The maximum atomic E-state index is 11.7. The lowest BCUT2D eigenvalue weighted by Crippen LogP contribution is -2.26. The number of hydrogen-bond donors (Lipinski definition) is 1. The number of benzene rings is 2. The average molecular weight is 340 g/mol. The van der Waals surface area contributed by atoms with Gasteiger partial charge in [0, 0.05) is 26.2 Å². The monoisotopic (exact) mass is 340 g/mol. The van der Waals surface area contributed by atoms with E-state index in [9.17, 15) is 4.79 Å². The van der Waals surface area contributed by atoms with Crippen molar-refractivity contribution in [1.82, 2.24) is 10.2 Å². The molecule has 1 amide bonds. The van der Waals surface area contributed by atoms with Gasteiger partial charge in [-0.1, -0.05) is 42.5 Å². The zero-order chi connectivity index (χ0) is 17.3. The standard InChI is InChI=1S/C20H24N2O3/c23-20(25-16-18-4-2-1-3-5-18)21-11-10-17-6-8-19(9-7-17)24-15-14-22-12-13-22/h1-9H,10-16H2,(H,21,23). The SMILES string of the molecule is O=C(NCCc1ccc(OCCN2CC2)cc1)OCc1ccccc1. The van der Waals surface area contributed by atoms with E-state index in [1.807, 2.05) is 54.6 Å². The summed E-state index contributed by atoms with van der Waals surface area (Å²) in [5.41, 5.74) is 2.13. The second-order valence-electron chi connectivity index (χ2n) is 6.07. The molecule has 0 atom stereocenters. The zero-order valence-corrected chi connectivity index (χ0v) is 14.3. The van der Waals surface area contributed by atoms with Crippen molar-refractivity contribution in [3.05, 3.63) is 65.7 Å². The van der Waals surface area contributed by atoms with Crippen LogP contribution < -0.4 is 10.1 Å². The minimum atomic E-state index is -0.390. The number of ether oxygens (including phenoxy) is 2. The first kappa shape index (κ1) is 17.3. The molecule has 0 aromatic heterocycles. The molecular weight excluding hydrogens is 316 g/mol. The molecule has 1 N–H and O–H groups in total. The summed E-state index contributed by atoms with van der Waals surface area (Å²) < 4.78 is 10.9. The highest BCUT2D eigenvalue weighted by molar-refractivity contribution is 5.67. The summed E-state index contributed by atoms with van der Waals surface area (Å²) in [4.78, 5) is 14.0. The Morgan fingerprint density at radius 1 is 1.00 bits per heavy atom. The number of hydrogen-bond acceptors (Lipinski definition) is 4. The minimum absolute atomic E-state index is 0.288. The van der Waals surface area contributed by atoms with Crippen molar-refractivity contribution in [2.24, 2.45) is 0 Å². The van der Waals surface area contributed by atoms with Gasteiger partial charge in [-0.25, -0.2) is 4.79 Å². The molecule has 1 saturated heterocycles.